The molecule has 0 bridgehead atoms. The lowest BCUT2D eigenvalue weighted by Crippen LogP contribution is -2.07. The van der Waals surface area contributed by atoms with Crippen LogP contribution in [0.25, 0.3) is 11.4 Å². The summed E-state index contributed by atoms with van der Waals surface area (Å²) in [6, 6.07) is 13.5. The third-order valence-electron chi connectivity index (χ3n) is 4.55. The van der Waals surface area contributed by atoms with Gasteiger partial charge >= 0.3 is 0 Å². The van der Waals surface area contributed by atoms with Crippen molar-refractivity contribution in [3.05, 3.63) is 59.9 Å². The van der Waals surface area contributed by atoms with Gasteiger partial charge in [0.05, 0.1) is 11.3 Å². The number of amides is 1. The summed E-state index contributed by atoms with van der Waals surface area (Å²) in [4.78, 5) is 23.6. The highest BCUT2D eigenvalue weighted by Gasteiger charge is 2.31. The number of Topliss-reactive ketones (excluding diaryl/α,β-unsaturated/α-hetero) is 1. The summed E-state index contributed by atoms with van der Waals surface area (Å²) in [5, 5.41) is 11.7. The molecule has 148 valence electrons. The zero-order chi connectivity index (χ0) is 20.4. The van der Waals surface area contributed by atoms with Gasteiger partial charge in [-0.25, -0.2) is 4.39 Å². The van der Waals surface area contributed by atoms with E-state index in [1.807, 2.05) is 4.57 Å². The first-order valence-electron chi connectivity index (χ1n) is 9.26. The van der Waals surface area contributed by atoms with E-state index in [0.717, 1.165) is 12.8 Å². The van der Waals surface area contributed by atoms with Crippen LogP contribution in [0, 0.1) is 5.82 Å². The molecule has 8 heteroatoms. The van der Waals surface area contributed by atoms with Gasteiger partial charge in [0.25, 0.3) is 0 Å². The normalized spacial score (nSPS) is 13.3. The highest BCUT2D eigenvalue weighted by atomic mass is 32.2. The maximum absolute atomic E-state index is 14.2. The summed E-state index contributed by atoms with van der Waals surface area (Å²) >= 11 is 1.30. The molecule has 1 fully saturated rings. The maximum Gasteiger partial charge on any atom is 0.221 e. The fourth-order valence-electron chi connectivity index (χ4n) is 3.02. The molecule has 1 aliphatic rings. The Kier molecular flexibility index (Phi) is 5.44. The van der Waals surface area contributed by atoms with Crippen molar-refractivity contribution in [3.8, 4) is 11.4 Å². The zero-order valence-corrected chi connectivity index (χ0v) is 16.6. The molecule has 0 aliphatic heterocycles. The molecule has 0 radical (unpaired) electrons. The van der Waals surface area contributed by atoms with E-state index >= 15 is 0 Å². The van der Waals surface area contributed by atoms with Crippen molar-refractivity contribution in [2.45, 2.75) is 31.0 Å². The van der Waals surface area contributed by atoms with Gasteiger partial charge in [0.1, 0.15) is 5.82 Å². The molecule has 1 amide bonds. The number of carbonyl (C=O) groups is 2. The number of aromatic nitrogens is 3. The Bertz CT molecular complexity index is 1060. The zero-order valence-electron chi connectivity index (χ0n) is 15.8. The van der Waals surface area contributed by atoms with E-state index in [-0.39, 0.29) is 29.3 Å². The topological polar surface area (TPSA) is 76.9 Å². The van der Waals surface area contributed by atoms with E-state index in [2.05, 4.69) is 15.5 Å². The number of carbonyl (C=O) groups excluding carboxylic acids is 2. The molecule has 6 nitrogen and oxygen atoms in total. The van der Waals surface area contributed by atoms with Crippen LogP contribution in [-0.4, -0.2) is 32.2 Å². The predicted octanol–water partition coefficient (Wildman–Crippen LogP) is 4.35. The van der Waals surface area contributed by atoms with Crippen molar-refractivity contribution in [1.82, 2.24) is 14.8 Å². The largest absolute Gasteiger partial charge is 0.326 e. The number of rotatable bonds is 7. The number of halogens is 1. The van der Waals surface area contributed by atoms with Gasteiger partial charge < -0.3 is 5.32 Å². The fourth-order valence-corrected chi connectivity index (χ4v) is 3.92. The van der Waals surface area contributed by atoms with Gasteiger partial charge in [-0.15, -0.1) is 10.2 Å². The molecule has 1 aromatic heterocycles. The van der Waals surface area contributed by atoms with E-state index in [4.69, 9.17) is 0 Å². The lowest BCUT2D eigenvalue weighted by molar-refractivity contribution is -0.114. The first-order chi connectivity index (χ1) is 14.0. The van der Waals surface area contributed by atoms with Crippen molar-refractivity contribution in [2.24, 2.45) is 0 Å². The first kappa shape index (κ1) is 19.3. The Labute approximate surface area is 171 Å². The van der Waals surface area contributed by atoms with E-state index in [0.29, 0.717) is 27.8 Å². The molecule has 0 unspecified atom stereocenters. The Morgan fingerprint density at radius 2 is 1.86 bits per heavy atom. The van der Waals surface area contributed by atoms with Crippen LogP contribution >= 0.6 is 11.8 Å². The van der Waals surface area contributed by atoms with Crippen LogP contribution in [0.2, 0.25) is 0 Å². The number of ketones is 1. The average Bonchev–Trinajstić information content (AvgIpc) is 3.46. The number of hydrogen-bond donors (Lipinski definition) is 1. The van der Waals surface area contributed by atoms with Gasteiger partial charge in [-0.05, 0) is 49.2 Å². The van der Waals surface area contributed by atoms with Crippen molar-refractivity contribution in [1.29, 1.82) is 0 Å². The van der Waals surface area contributed by atoms with Gasteiger partial charge in [0, 0.05) is 24.2 Å². The van der Waals surface area contributed by atoms with Crippen LogP contribution in [0.1, 0.15) is 36.2 Å². The molecular formula is C21H19FN4O2S. The molecule has 0 saturated heterocycles. The Balaban J connectivity index is 1.49. The molecular weight excluding hydrogens is 391 g/mol. The Hall–Kier alpha value is -3.00. The summed E-state index contributed by atoms with van der Waals surface area (Å²) < 4.78 is 16.2. The van der Waals surface area contributed by atoms with E-state index < -0.39 is 0 Å². The maximum atomic E-state index is 14.2. The third-order valence-corrected chi connectivity index (χ3v) is 5.49. The van der Waals surface area contributed by atoms with Crippen LogP contribution in [-0.2, 0) is 4.79 Å². The van der Waals surface area contributed by atoms with Crippen molar-refractivity contribution >= 4 is 29.1 Å². The number of benzene rings is 2. The van der Waals surface area contributed by atoms with E-state index in [9.17, 15) is 14.0 Å². The SMILES string of the molecule is CC(=O)Nc1ccc(C(=O)CSc2nnc(-c3ccccc3F)n2C2CC2)cc1. The minimum Gasteiger partial charge on any atom is -0.326 e. The summed E-state index contributed by atoms with van der Waals surface area (Å²) in [5.41, 5.74) is 1.61. The summed E-state index contributed by atoms with van der Waals surface area (Å²) in [7, 11) is 0. The van der Waals surface area contributed by atoms with E-state index in [1.165, 1.54) is 24.8 Å². The van der Waals surface area contributed by atoms with Crippen LogP contribution < -0.4 is 5.32 Å². The smallest absolute Gasteiger partial charge is 0.221 e. The van der Waals surface area contributed by atoms with Crippen LogP contribution in [0.5, 0.6) is 0 Å². The van der Waals surface area contributed by atoms with Gasteiger partial charge in [-0.3, -0.25) is 14.2 Å². The molecule has 0 spiro atoms. The van der Waals surface area contributed by atoms with Crippen molar-refractivity contribution in [3.63, 3.8) is 0 Å². The number of hydrogen-bond acceptors (Lipinski definition) is 5. The molecule has 3 aromatic rings. The van der Waals surface area contributed by atoms with Crippen LogP contribution in [0.3, 0.4) is 0 Å². The predicted molar refractivity (Wildman–Crippen MR) is 109 cm³/mol. The highest BCUT2D eigenvalue weighted by molar-refractivity contribution is 7.99. The minimum absolute atomic E-state index is 0.0536. The monoisotopic (exact) mass is 410 g/mol. The molecule has 1 saturated carbocycles. The molecule has 2 aromatic carbocycles. The Morgan fingerprint density at radius 3 is 2.52 bits per heavy atom. The standard InChI is InChI=1S/C21H19FN4O2S/c1-13(27)23-15-8-6-14(7-9-15)19(28)12-29-21-25-24-20(26(21)16-10-11-16)17-4-2-3-5-18(17)22/h2-9,16H,10-12H2,1H3,(H,23,27). The van der Waals surface area contributed by atoms with Gasteiger partial charge in [-0.1, -0.05) is 23.9 Å². The summed E-state index contributed by atoms with van der Waals surface area (Å²) in [5.74, 6) is 0.141. The first-order valence-corrected chi connectivity index (χ1v) is 10.2. The second kappa shape index (κ2) is 8.16. The minimum atomic E-state index is -0.339. The summed E-state index contributed by atoms with van der Waals surface area (Å²) in [6.07, 6.45) is 1.98. The van der Waals surface area contributed by atoms with Gasteiger partial charge in [0.15, 0.2) is 16.8 Å². The quantitative estimate of drug-likeness (QED) is 0.463. The van der Waals surface area contributed by atoms with Crippen LogP contribution in [0.4, 0.5) is 10.1 Å². The second-order valence-corrected chi connectivity index (χ2v) is 7.80. The number of nitrogens with zero attached hydrogens (tertiary/aromatic N) is 3. The van der Waals surface area contributed by atoms with Crippen molar-refractivity contribution in [2.75, 3.05) is 11.1 Å². The Morgan fingerprint density at radius 1 is 1.14 bits per heavy atom. The van der Waals surface area contributed by atoms with Gasteiger partial charge in [0.2, 0.25) is 5.91 Å². The van der Waals surface area contributed by atoms with E-state index in [1.54, 1.807) is 42.5 Å². The number of nitrogens with one attached hydrogen (secondary N) is 1. The number of anilines is 1. The molecule has 1 heterocycles. The lowest BCUT2D eigenvalue weighted by Gasteiger charge is -2.09. The fraction of sp³-hybridized carbons (Fsp3) is 0.238. The van der Waals surface area contributed by atoms with Crippen LogP contribution in [0.15, 0.2) is 53.7 Å². The average molecular weight is 410 g/mol. The lowest BCUT2D eigenvalue weighted by atomic mass is 10.1. The summed E-state index contributed by atoms with van der Waals surface area (Å²) in [6.45, 7) is 1.43. The molecule has 4 rings (SSSR count). The molecule has 1 aliphatic carbocycles. The highest BCUT2D eigenvalue weighted by Crippen LogP contribution is 2.41. The van der Waals surface area contributed by atoms with Gasteiger partial charge in [-0.2, -0.15) is 0 Å². The second-order valence-electron chi connectivity index (χ2n) is 6.86. The van der Waals surface area contributed by atoms with Crippen molar-refractivity contribution < 1.29 is 14.0 Å². The molecule has 1 N–H and O–H groups in total. The third kappa shape index (κ3) is 4.37. The molecule has 0 atom stereocenters. The number of thioether (sulfide) groups is 1. The molecule has 29 heavy (non-hydrogen) atoms.